The van der Waals surface area contributed by atoms with Crippen LogP contribution < -0.4 is 5.32 Å². The van der Waals surface area contributed by atoms with E-state index >= 15 is 0 Å². The highest BCUT2D eigenvalue weighted by Crippen LogP contribution is 2.32. The van der Waals surface area contributed by atoms with E-state index in [-0.39, 0.29) is 11.8 Å². The number of carbonyl (C=O) groups excluding carboxylic acids is 1. The zero-order chi connectivity index (χ0) is 14.0. The van der Waals surface area contributed by atoms with Gasteiger partial charge in [0.15, 0.2) is 0 Å². The fourth-order valence-electron chi connectivity index (χ4n) is 1.80. The van der Waals surface area contributed by atoms with Crippen molar-refractivity contribution < 1.29 is 14.3 Å². The van der Waals surface area contributed by atoms with Gasteiger partial charge in [-0.15, -0.1) is 0 Å². The van der Waals surface area contributed by atoms with Crippen LogP contribution in [-0.2, 0) is 0 Å². The first kappa shape index (κ1) is 14.3. The fraction of sp³-hybridized carbons (Fsp3) is 0.462. The summed E-state index contributed by atoms with van der Waals surface area (Å²) < 4.78 is 13.4. The van der Waals surface area contributed by atoms with Gasteiger partial charge in [-0.2, -0.15) is 0 Å². The molecule has 0 aromatic heterocycles. The van der Waals surface area contributed by atoms with Gasteiger partial charge >= 0.3 is 6.03 Å². The maximum Gasteiger partial charge on any atom is 0.321 e. The maximum atomic E-state index is 12.9. The van der Waals surface area contributed by atoms with Crippen molar-refractivity contribution in [3.63, 3.8) is 0 Å². The first-order valence-electron chi connectivity index (χ1n) is 6.12. The van der Waals surface area contributed by atoms with Gasteiger partial charge in [-0.3, -0.25) is 0 Å². The lowest BCUT2D eigenvalue weighted by molar-refractivity contribution is 0.117. The molecule has 0 spiro atoms. The Hall–Kier alpha value is -1.14. The van der Waals surface area contributed by atoms with Crippen LogP contribution in [-0.4, -0.2) is 35.7 Å². The van der Waals surface area contributed by atoms with E-state index in [9.17, 15) is 14.3 Å². The number of likely N-dealkylation sites (N-methyl/N-ethyl adjacent to an activating group) is 1. The normalized spacial score (nSPS) is 16.0. The molecule has 1 fully saturated rings. The van der Waals surface area contributed by atoms with Crippen molar-refractivity contribution >= 4 is 27.6 Å². The third-order valence-corrected chi connectivity index (χ3v) is 3.80. The molecule has 1 saturated carbocycles. The molecule has 0 bridgehead atoms. The second-order valence-electron chi connectivity index (χ2n) is 4.84. The van der Waals surface area contributed by atoms with Crippen LogP contribution in [0.5, 0.6) is 0 Å². The van der Waals surface area contributed by atoms with E-state index in [2.05, 4.69) is 21.2 Å². The third-order valence-electron chi connectivity index (χ3n) is 3.15. The average molecular weight is 331 g/mol. The van der Waals surface area contributed by atoms with Crippen LogP contribution in [0.3, 0.4) is 0 Å². The average Bonchev–Trinajstić information content (AvgIpc) is 3.16. The number of urea groups is 1. The molecule has 1 aromatic carbocycles. The molecular formula is C13H16BrFN2O2. The summed E-state index contributed by atoms with van der Waals surface area (Å²) in [5.74, 6) is -0.0461. The molecule has 0 saturated heterocycles. The summed E-state index contributed by atoms with van der Waals surface area (Å²) in [6, 6.07) is 3.73. The number of nitrogens with zero attached hydrogens (tertiary/aromatic N) is 1. The Morgan fingerprint density at radius 3 is 2.89 bits per heavy atom. The van der Waals surface area contributed by atoms with Crippen molar-refractivity contribution in [2.75, 3.05) is 18.9 Å². The number of carbonyl (C=O) groups is 1. The highest BCUT2D eigenvalue weighted by molar-refractivity contribution is 9.10. The number of rotatable bonds is 4. The summed E-state index contributed by atoms with van der Waals surface area (Å²) >= 11 is 3.19. The van der Waals surface area contributed by atoms with Gasteiger partial charge in [0.25, 0.3) is 0 Å². The molecule has 19 heavy (non-hydrogen) atoms. The number of amides is 2. The summed E-state index contributed by atoms with van der Waals surface area (Å²) in [6.07, 6.45) is 1.59. The lowest BCUT2D eigenvalue weighted by atomic mass is 10.2. The molecule has 1 aliphatic carbocycles. The Morgan fingerprint density at radius 1 is 1.63 bits per heavy atom. The van der Waals surface area contributed by atoms with Crippen molar-refractivity contribution in [1.29, 1.82) is 0 Å². The summed E-state index contributed by atoms with van der Waals surface area (Å²) in [7, 11) is 1.62. The minimum atomic E-state index is -0.465. The van der Waals surface area contributed by atoms with E-state index in [1.165, 1.54) is 23.1 Å². The summed E-state index contributed by atoms with van der Waals surface area (Å²) in [5.41, 5.74) is 0.499. The lowest BCUT2D eigenvalue weighted by Gasteiger charge is -2.21. The molecule has 2 amide bonds. The number of nitrogens with one attached hydrogen (secondary N) is 1. The van der Waals surface area contributed by atoms with Gasteiger partial charge in [-0.1, -0.05) is 0 Å². The zero-order valence-electron chi connectivity index (χ0n) is 10.6. The number of anilines is 1. The maximum absolute atomic E-state index is 12.9. The molecule has 0 aliphatic heterocycles. The largest absolute Gasteiger partial charge is 0.391 e. The summed E-state index contributed by atoms with van der Waals surface area (Å²) in [5, 5.41) is 12.4. The van der Waals surface area contributed by atoms with Crippen molar-refractivity contribution in [3.8, 4) is 0 Å². The Kier molecular flexibility index (Phi) is 4.42. The molecule has 6 heteroatoms. The molecule has 1 atom stereocenters. The Morgan fingerprint density at radius 2 is 2.32 bits per heavy atom. The van der Waals surface area contributed by atoms with Crippen LogP contribution >= 0.6 is 15.9 Å². The van der Waals surface area contributed by atoms with E-state index in [0.29, 0.717) is 22.6 Å². The van der Waals surface area contributed by atoms with E-state index in [4.69, 9.17) is 0 Å². The third kappa shape index (κ3) is 3.91. The Labute approximate surface area is 119 Å². The van der Waals surface area contributed by atoms with Crippen molar-refractivity contribution in [3.05, 3.63) is 28.5 Å². The smallest absolute Gasteiger partial charge is 0.321 e. The molecule has 2 rings (SSSR count). The topological polar surface area (TPSA) is 52.6 Å². The number of hydrogen-bond acceptors (Lipinski definition) is 2. The first-order chi connectivity index (χ1) is 8.97. The van der Waals surface area contributed by atoms with Gasteiger partial charge in [-0.25, -0.2) is 9.18 Å². The van der Waals surface area contributed by atoms with Crippen LogP contribution in [0, 0.1) is 11.7 Å². The Balaban J connectivity index is 1.91. The molecular weight excluding hydrogens is 315 g/mol. The predicted octanol–water partition coefficient (Wildman–Crippen LogP) is 2.82. The Bertz CT molecular complexity index is 480. The van der Waals surface area contributed by atoms with Gasteiger partial charge in [0.1, 0.15) is 5.82 Å². The number of halogens is 2. The SMILES string of the molecule is CN(CC(O)C1CC1)C(=O)Nc1ccc(F)cc1Br. The molecule has 0 radical (unpaired) electrons. The fourth-order valence-corrected chi connectivity index (χ4v) is 2.25. The van der Waals surface area contributed by atoms with Gasteiger partial charge in [0, 0.05) is 18.1 Å². The van der Waals surface area contributed by atoms with Gasteiger partial charge < -0.3 is 15.3 Å². The zero-order valence-corrected chi connectivity index (χ0v) is 12.2. The first-order valence-corrected chi connectivity index (χ1v) is 6.92. The number of benzene rings is 1. The van der Waals surface area contributed by atoms with Crippen LogP contribution in [0.4, 0.5) is 14.9 Å². The van der Waals surface area contributed by atoms with E-state index in [0.717, 1.165) is 12.8 Å². The van der Waals surface area contributed by atoms with Crippen LogP contribution in [0.2, 0.25) is 0 Å². The van der Waals surface area contributed by atoms with Crippen molar-refractivity contribution in [2.45, 2.75) is 18.9 Å². The highest BCUT2D eigenvalue weighted by atomic mass is 79.9. The molecule has 4 nitrogen and oxygen atoms in total. The summed E-state index contributed by atoms with van der Waals surface area (Å²) in [4.78, 5) is 13.3. The molecule has 1 aromatic rings. The minimum Gasteiger partial charge on any atom is -0.391 e. The number of aliphatic hydroxyl groups excluding tert-OH is 1. The second kappa shape index (κ2) is 5.88. The second-order valence-corrected chi connectivity index (χ2v) is 5.69. The van der Waals surface area contributed by atoms with Crippen molar-refractivity contribution in [1.82, 2.24) is 4.90 Å². The lowest BCUT2D eigenvalue weighted by Crippen LogP contribution is -2.38. The quantitative estimate of drug-likeness (QED) is 0.891. The van der Waals surface area contributed by atoms with Gasteiger partial charge in [-0.05, 0) is 52.9 Å². The highest BCUT2D eigenvalue weighted by Gasteiger charge is 2.31. The van der Waals surface area contributed by atoms with Crippen LogP contribution in [0.1, 0.15) is 12.8 Å². The monoisotopic (exact) mass is 330 g/mol. The molecule has 1 unspecified atom stereocenters. The molecule has 2 N–H and O–H groups in total. The predicted molar refractivity (Wildman–Crippen MR) is 74.5 cm³/mol. The number of hydrogen-bond donors (Lipinski definition) is 2. The van der Waals surface area contributed by atoms with Crippen LogP contribution in [0.15, 0.2) is 22.7 Å². The van der Waals surface area contributed by atoms with E-state index in [1.54, 1.807) is 7.05 Å². The van der Waals surface area contributed by atoms with Crippen molar-refractivity contribution in [2.24, 2.45) is 5.92 Å². The molecule has 1 aliphatic rings. The number of aliphatic hydroxyl groups is 1. The van der Waals surface area contributed by atoms with Gasteiger partial charge in [0.2, 0.25) is 0 Å². The molecule has 104 valence electrons. The standard InChI is InChI=1S/C13H16BrFN2O2/c1-17(7-12(18)8-2-3-8)13(19)16-11-5-4-9(15)6-10(11)14/h4-6,8,12,18H,2-3,7H2,1H3,(H,16,19). The van der Waals surface area contributed by atoms with E-state index in [1.807, 2.05) is 0 Å². The summed E-state index contributed by atoms with van der Waals surface area (Å²) in [6.45, 7) is 0.301. The minimum absolute atomic E-state index is 0.301. The van der Waals surface area contributed by atoms with Gasteiger partial charge in [0.05, 0.1) is 11.8 Å². The van der Waals surface area contributed by atoms with Crippen LogP contribution in [0.25, 0.3) is 0 Å². The van der Waals surface area contributed by atoms with E-state index < -0.39 is 6.10 Å². The molecule has 0 heterocycles.